The average Bonchev–Trinajstić information content (AvgIpc) is 2.94. The summed E-state index contributed by atoms with van der Waals surface area (Å²) in [5.41, 5.74) is 0.453. The quantitative estimate of drug-likeness (QED) is 0.772. The molecular weight excluding hydrogens is 252 g/mol. The maximum absolute atomic E-state index is 12.0. The Balaban J connectivity index is 1.79. The van der Waals surface area contributed by atoms with Gasteiger partial charge in [-0.1, -0.05) is 24.8 Å². The van der Waals surface area contributed by atoms with Crippen LogP contribution in [0.5, 0.6) is 5.75 Å². The molecule has 1 aliphatic rings. The van der Waals surface area contributed by atoms with Gasteiger partial charge in [-0.25, -0.2) is 0 Å². The van der Waals surface area contributed by atoms with E-state index in [4.69, 9.17) is 10.00 Å². The Morgan fingerprint density at radius 3 is 2.85 bits per heavy atom. The van der Waals surface area contributed by atoms with E-state index in [0.29, 0.717) is 25.0 Å². The van der Waals surface area contributed by atoms with Gasteiger partial charge in [0, 0.05) is 25.0 Å². The molecule has 1 aliphatic heterocycles. The predicted molar refractivity (Wildman–Crippen MR) is 76.0 cm³/mol. The molecular formula is C16H18N2O2. The van der Waals surface area contributed by atoms with Gasteiger partial charge < -0.3 is 9.64 Å². The van der Waals surface area contributed by atoms with E-state index in [-0.39, 0.29) is 12.0 Å². The molecule has 1 fully saturated rings. The first kappa shape index (κ1) is 14.1. The molecule has 0 radical (unpaired) electrons. The monoisotopic (exact) mass is 270 g/mol. The van der Waals surface area contributed by atoms with Gasteiger partial charge in [0.2, 0.25) is 5.91 Å². The number of carbonyl (C=O) groups is 1. The van der Waals surface area contributed by atoms with Gasteiger partial charge in [-0.15, -0.1) is 0 Å². The minimum Gasteiger partial charge on any atom is -0.489 e. The van der Waals surface area contributed by atoms with Crippen LogP contribution in [0, 0.1) is 11.3 Å². The zero-order chi connectivity index (χ0) is 14.4. The summed E-state index contributed by atoms with van der Waals surface area (Å²) < 4.78 is 5.84. The number of hydrogen-bond acceptors (Lipinski definition) is 3. The van der Waals surface area contributed by atoms with E-state index in [1.807, 2.05) is 36.4 Å². The number of amides is 1. The molecule has 2 rings (SSSR count). The lowest BCUT2D eigenvalue weighted by molar-refractivity contribution is -0.130. The van der Waals surface area contributed by atoms with Gasteiger partial charge in [-0.2, -0.15) is 5.26 Å². The normalized spacial score (nSPS) is 17.6. The highest BCUT2D eigenvalue weighted by molar-refractivity contribution is 5.76. The zero-order valence-corrected chi connectivity index (χ0v) is 11.4. The van der Waals surface area contributed by atoms with Crippen LogP contribution in [-0.2, 0) is 4.79 Å². The fourth-order valence-corrected chi connectivity index (χ4v) is 2.21. The summed E-state index contributed by atoms with van der Waals surface area (Å²) in [5.74, 6) is 0.908. The Bertz CT molecular complexity index is 519. The largest absolute Gasteiger partial charge is 0.489 e. The van der Waals surface area contributed by atoms with Gasteiger partial charge >= 0.3 is 0 Å². The third kappa shape index (κ3) is 3.86. The Kier molecular flexibility index (Phi) is 4.78. The second-order valence-electron chi connectivity index (χ2n) is 4.90. The number of rotatable bonds is 5. The van der Waals surface area contributed by atoms with Crippen molar-refractivity contribution in [3.63, 3.8) is 0 Å². The van der Waals surface area contributed by atoms with Crippen molar-refractivity contribution in [3.05, 3.63) is 42.5 Å². The Morgan fingerprint density at radius 2 is 2.15 bits per heavy atom. The molecule has 20 heavy (non-hydrogen) atoms. The SMILES string of the molecule is C=C(C#N)CCC(=O)N1CCC(Oc2ccccc2)C1. The summed E-state index contributed by atoms with van der Waals surface area (Å²) in [4.78, 5) is 13.8. The van der Waals surface area contributed by atoms with E-state index >= 15 is 0 Å². The lowest BCUT2D eigenvalue weighted by Crippen LogP contribution is -2.30. The third-order valence-electron chi connectivity index (χ3n) is 3.34. The molecule has 4 heteroatoms. The van der Waals surface area contributed by atoms with Crippen LogP contribution in [-0.4, -0.2) is 30.0 Å². The molecule has 0 spiro atoms. The van der Waals surface area contributed by atoms with E-state index in [9.17, 15) is 4.79 Å². The number of ether oxygens (including phenoxy) is 1. The van der Waals surface area contributed by atoms with Crippen LogP contribution >= 0.6 is 0 Å². The highest BCUT2D eigenvalue weighted by Gasteiger charge is 2.27. The van der Waals surface area contributed by atoms with Crippen LogP contribution in [0.25, 0.3) is 0 Å². The highest BCUT2D eigenvalue weighted by Crippen LogP contribution is 2.19. The molecule has 0 N–H and O–H groups in total. The van der Waals surface area contributed by atoms with E-state index in [1.165, 1.54) is 0 Å². The van der Waals surface area contributed by atoms with Gasteiger partial charge in [-0.05, 0) is 18.6 Å². The summed E-state index contributed by atoms with van der Waals surface area (Å²) in [5, 5.41) is 8.62. The van der Waals surface area contributed by atoms with Gasteiger partial charge in [-0.3, -0.25) is 4.79 Å². The van der Waals surface area contributed by atoms with Gasteiger partial charge in [0.15, 0.2) is 0 Å². The number of hydrogen-bond donors (Lipinski definition) is 0. The van der Waals surface area contributed by atoms with Crippen LogP contribution in [0.2, 0.25) is 0 Å². The Labute approximate surface area is 119 Å². The number of nitriles is 1. The highest BCUT2D eigenvalue weighted by atomic mass is 16.5. The van der Waals surface area contributed by atoms with Crippen LogP contribution in [0.4, 0.5) is 0 Å². The predicted octanol–water partition coefficient (Wildman–Crippen LogP) is 2.53. The number of likely N-dealkylation sites (tertiary alicyclic amines) is 1. The van der Waals surface area contributed by atoms with E-state index in [2.05, 4.69) is 6.58 Å². The zero-order valence-electron chi connectivity index (χ0n) is 11.4. The number of para-hydroxylation sites is 1. The Hall–Kier alpha value is -2.28. The van der Waals surface area contributed by atoms with Gasteiger partial charge in [0.05, 0.1) is 12.6 Å². The maximum atomic E-state index is 12.0. The standard InChI is InChI=1S/C16H18N2O2/c1-13(11-17)7-8-16(19)18-10-9-15(12-18)20-14-5-3-2-4-6-14/h2-6,15H,1,7-10,12H2. The lowest BCUT2D eigenvalue weighted by atomic mass is 10.2. The molecule has 1 unspecified atom stereocenters. The first-order valence-electron chi connectivity index (χ1n) is 6.76. The van der Waals surface area contributed by atoms with Crippen LogP contribution in [0.3, 0.4) is 0 Å². The van der Waals surface area contributed by atoms with Gasteiger partial charge in [0.25, 0.3) is 0 Å². The third-order valence-corrected chi connectivity index (χ3v) is 3.34. The molecule has 0 aromatic heterocycles. The Morgan fingerprint density at radius 1 is 1.40 bits per heavy atom. The smallest absolute Gasteiger partial charge is 0.223 e. The number of nitrogens with zero attached hydrogens (tertiary/aromatic N) is 2. The summed E-state index contributed by atoms with van der Waals surface area (Å²) in [6, 6.07) is 11.6. The molecule has 0 saturated carbocycles. The average molecular weight is 270 g/mol. The van der Waals surface area contributed by atoms with Crippen LogP contribution in [0.15, 0.2) is 42.5 Å². The fourth-order valence-electron chi connectivity index (χ4n) is 2.21. The second-order valence-corrected chi connectivity index (χ2v) is 4.90. The number of carbonyl (C=O) groups excluding carboxylic acids is 1. The molecule has 0 aliphatic carbocycles. The number of benzene rings is 1. The minimum absolute atomic E-state index is 0.0560. The molecule has 1 atom stereocenters. The summed E-state index contributed by atoms with van der Waals surface area (Å²) in [7, 11) is 0. The van der Waals surface area contributed by atoms with Crippen molar-refractivity contribution >= 4 is 5.91 Å². The summed E-state index contributed by atoms with van der Waals surface area (Å²) in [6.45, 7) is 4.92. The van der Waals surface area contributed by atoms with E-state index in [0.717, 1.165) is 18.7 Å². The number of allylic oxidation sites excluding steroid dienone is 1. The van der Waals surface area contributed by atoms with Crippen molar-refractivity contribution in [1.29, 1.82) is 5.26 Å². The van der Waals surface area contributed by atoms with Crippen LogP contribution in [0.1, 0.15) is 19.3 Å². The first-order chi connectivity index (χ1) is 9.69. The second kappa shape index (κ2) is 6.76. The molecule has 4 nitrogen and oxygen atoms in total. The molecule has 1 aromatic rings. The first-order valence-corrected chi connectivity index (χ1v) is 6.76. The van der Waals surface area contributed by atoms with Crippen molar-refractivity contribution in [1.82, 2.24) is 4.90 Å². The van der Waals surface area contributed by atoms with Gasteiger partial charge in [0.1, 0.15) is 11.9 Å². The molecule has 104 valence electrons. The molecule has 1 saturated heterocycles. The summed E-state index contributed by atoms with van der Waals surface area (Å²) in [6.07, 6.45) is 1.70. The molecule has 1 aromatic carbocycles. The summed E-state index contributed by atoms with van der Waals surface area (Å²) >= 11 is 0. The molecule has 1 heterocycles. The van der Waals surface area contributed by atoms with Crippen molar-refractivity contribution in [2.75, 3.05) is 13.1 Å². The van der Waals surface area contributed by atoms with Crippen molar-refractivity contribution in [2.45, 2.75) is 25.4 Å². The van der Waals surface area contributed by atoms with E-state index in [1.54, 1.807) is 4.90 Å². The van der Waals surface area contributed by atoms with Crippen molar-refractivity contribution in [2.24, 2.45) is 0 Å². The van der Waals surface area contributed by atoms with Crippen LogP contribution < -0.4 is 4.74 Å². The van der Waals surface area contributed by atoms with Crippen molar-refractivity contribution < 1.29 is 9.53 Å². The fraction of sp³-hybridized carbons (Fsp3) is 0.375. The molecule has 1 amide bonds. The van der Waals surface area contributed by atoms with E-state index < -0.39 is 0 Å². The lowest BCUT2D eigenvalue weighted by Gasteiger charge is -2.17. The minimum atomic E-state index is 0.0560. The maximum Gasteiger partial charge on any atom is 0.223 e. The topological polar surface area (TPSA) is 53.3 Å². The van der Waals surface area contributed by atoms with Crippen molar-refractivity contribution in [3.8, 4) is 11.8 Å². The molecule has 0 bridgehead atoms.